The Balaban J connectivity index is 1.68. The van der Waals surface area contributed by atoms with Crippen LogP contribution in [0.1, 0.15) is 37.0 Å². The molecule has 0 radical (unpaired) electrons. The second-order valence-corrected chi connectivity index (χ2v) is 7.70. The van der Waals surface area contributed by atoms with Crippen LogP contribution in [0.25, 0.3) is 17.0 Å². The Bertz CT molecular complexity index is 1300. The van der Waals surface area contributed by atoms with E-state index in [9.17, 15) is 19.6 Å². The molecule has 4 rings (SSSR count). The van der Waals surface area contributed by atoms with Crippen molar-refractivity contribution in [2.45, 2.75) is 26.7 Å². The third-order valence-electron chi connectivity index (χ3n) is 5.75. The number of hydrogen-bond donors (Lipinski definition) is 0. The topological polar surface area (TPSA) is 107 Å². The van der Waals surface area contributed by atoms with E-state index in [1.807, 2.05) is 6.07 Å². The van der Waals surface area contributed by atoms with Crippen LogP contribution in [0.15, 0.2) is 33.0 Å². The van der Waals surface area contributed by atoms with Gasteiger partial charge in [0.1, 0.15) is 17.2 Å². The molecule has 1 aromatic carbocycles. The van der Waals surface area contributed by atoms with Gasteiger partial charge in [-0.3, -0.25) is 4.79 Å². The lowest BCUT2D eigenvalue weighted by molar-refractivity contribution is -0.145. The lowest BCUT2D eigenvalue weighted by atomic mass is 9.96. The average Bonchev–Trinajstić information content (AvgIpc) is 3.45. The summed E-state index contributed by atoms with van der Waals surface area (Å²) in [6, 6.07) is 6.97. The maximum absolute atomic E-state index is 12.4. The molecule has 7 heteroatoms. The van der Waals surface area contributed by atoms with Gasteiger partial charge in [0.15, 0.2) is 0 Å². The van der Waals surface area contributed by atoms with Crippen LogP contribution in [0, 0.1) is 40.9 Å². The predicted molar refractivity (Wildman–Crippen MR) is 115 cm³/mol. The van der Waals surface area contributed by atoms with Crippen molar-refractivity contribution in [3.8, 4) is 17.9 Å². The highest BCUT2D eigenvalue weighted by Crippen LogP contribution is 2.50. The van der Waals surface area contributed by atoms with Crippen molar-refractivity contribution < 1.29 is 23.5 Å². The number of carbonyl (C=O) groups excluding carboxylic acids is 2. The third kappa shape index (κ3) is 4.02. The fraction of sp³-hybridized carbons (Fsp3) is 0.360. The fourth-order valence-electron chi connectivity index (χ4n) is 4.13. The number of esters is 2. The van der Waals surface area contributed by atoms with E-state index in [1.165, 1.54) is 6.08 Å². The summed E-state index contributed by atoms with van der Waals surface area (Å²) >= 11 is 0. The zero-order valence-corrected chi connectivity index (χ0v) is 17.8. The lowest BCUT2D eigenvalue weighted by Gasteiger charge is -2.09. The summed E-state index contributed by atoms with van der Waals surface area (Å²) in [5, 5.41) is 9.89. The highest BCUT2D eigenvalue weighted by Gasteiger charge is 2.54. The number of ether oxygens (including phenoxy) is 2. The molecule has 2 aliphatic carbocycles. The quantitative estimate of drug-likeness (QED) is 0.235. The van der Waals surface area contributed by atoms with E-state index >= 15 is 0 Å². The molecule has 1 fully saturated rings. The molecule has 0 N–H and O–H groups in total. The van der Waals surface area contributed by atoms with Gasteiger partial charge >= 0.3 is 17.6 Å². The van der Waals surface area contributed by atoms with Gasteiger partial charge in [0.2, 0.25) is 0 Å². The van der Waals surface area contributed by atoms with Crippen molar-refractivity contribution in [2.24, 2.45) is 17.8 Å². The molecule has 1 heterocycles. The number of nitrogens with zero attached hydrogens (tertiary/aromatic N) is 1. The summed E-state index contributed by atoms with van der Waals surface area (Å²) in [6.07, 6.45) is 2.72. The van der Waals surface area contributed by atoms with Crippen molar-refractivity contribution in [3.63, 3.8) is 0 Å². The molecule has 7 nitrogen and oxygen atoms in total. The van der Waals surface area contributed by atoms with Crippen molar-refractivity contribution >= 4 is 29.0 Å². The summed E-state index contributed by atoms with van der Waals surface area (Å²) in [6.45, 7) is 3.90. The molecule has 3 atom stereocenters. The van der Waals surface area contributed by atoms with E-state index in [2.05, 4.69) is 11.8 Å². The highest BCUT2D eigenvalue weighted by molar-refractivity contribution is 5.98. The standard InChI is InChI=1S/C25H21NO6/c1-3-30-23(27)18(13-26)11-17-10-16-9-14-5-7-19-20(22(19)25(29)31-4-2)8-6-15(14)12-21(16)32-24(17)28/h9-12,19-20,22H,3-5,7H2,1-2H3. The number of fused-ring (bicyclic) bond motifs is 3. The molecule has 32 heavy (non-hydrogen) atoms. The minimum absolute atomic E-state index is 0.00435. The molecule has 0 aliphatic heterocycles. The average molecular weight is 431 g/mol. The van der Waals surface area contributed by atoms with Crippen molar-refractivity contribution in [1.82, 2.24) is 0 Å². The molecule has 0 spiro atoms. The number of nitriles is 1. The third-order valence-corrected chi connectivity index (χ3v) is 5.75. The first kappa shape index (κ1) is 21.4. The van der Waals surface area contributed by atoms with E-state index in [0.717, 1.165) is 24.0 Å². The van der Waals surface area contributed by atoms with Gasteiger partial charge in [-0.2, -0.15) is 5.26 Å². The molecular formula is C25H21NO6. The summed E-state index contributed by atoms with van der Waals surface area (Å²) in [4.78, 5) is 36.4. The molecule has 2 aromatic rings. The predicted octanol–water partition coefficient (Wildman–Crippen LogP) is 2.99. The first-order valence-corrected chi connectivity index (χ1v) is 10.5. The van der Waals surface area contributed by atoms with Crippen LogP contribution in [-0.2, 0) is 25.5 Å². The lowest BCUT2D eigenvalue weighted by Crippen LogP contribution is -2.09. The van der Waals surface area contributed by atoms with Gasteiger partial charge in [-0.25, -0.2) is 9.59 Å². The minimum Gasteiger partial charge on any atom is -0.466 e. The zero-order valence-electron chi connectivity index (χ0n) is 17.8. The first-order chi connectivity index (χ1) is 15.5. The normalized spacial score (nSPS) is 21.0. The van der Waals surface area contributed by atoms with Crippen LogP contribution in [0.2, 0.25) is 0 Å². The van der Waals surface area contributed by atoms with Crippen LogP contribution in [0.5, 0.6) is 0 Å². The SMILES string of the molecule is CCOC(=O)C(C#N)=Cc1cc2cc3c(cc2oc1=O)C#CC1C(CC3)C1C(=O)OCC. The monoisotopic (exact) mass is 431 g/mol. The number of hydrogen-bond acceptors (Lipinski definition) is 7. The number of carbonyl (C=O) groups is 2. The molecule has 1 aromatic heterocycles. The summed E-state index contributed by atoms with van der Waals surface area (Å²) < 4.78 is 15.4. The number of rotatable bonds is 5. The second-order valence-electron chi connectivity index (χ2n) is 7.70. The van der Waals surface area contributed by atoms with Gasteiger partial charge in [-0.15, -0.1) is 0 Å². The van der Waals surface area contributed by atoms with Gasteiger partial charge in [-0.05, 0) is 62.4 Å². The Morgan fingerprint density at radius 3 is 2.75 bits per heavy atom. The summed E-state index contributed by atoms with van der Waals surface area (Å²) in [7, 11) is 0. The Kier molecular flexibility index (Phi) is 5.83. The van der Waals surface area contributed by atoms with Gasteiger partial charge in [0.05, 0.1) is 24.7 Å². The maximum Gasteiger partial charge on any atom is 0.348 e. The molecule has 0 saturated heterocycles. The fourth-order valence-corrected chi connectivity index (χ4v) is 4.13. The molecule has 0 bridgehead atoms. The summed E-state index contributed by atoms with van der Waals surface area (Å²) in [5.74, 6) is 5.37. The van der Waals surface area contributed by atoms with Crippen molar-refractivity contribution in [3.05, 3.63) is 50.9 Å². The maximum atomic E-state index is 12.4. The van der Waals surface area contributed by atoms with Crippen molar-refractivity contribution in [2.75, 3.05) is 13.2 Å². The van der Waals surface area contributed by atoms with Gasteiger partial charge < -0.3 is 13.9 Å². The highest BCUT2D eigenvalue weighted by atomic mass is 16.5. The summed E-state index contributed by atoms with van der Waals surface area (Å²) in [5.41, 5.74) is 1.26. The van der Waals surface area contributed by atoms with E-state index in [1.54, 1.807) is 32.0 Å². The van der Waals surface area contributed by atoms with Crippen molar-refractivity contribution in [1.29, 1.82) is 5.26 Å². The van der Waals surface area contributed by atoms with E-state index in [-0.39, 0.29) is 41.5 Å². The Morgan fingerprint density at radius 1 is 1.25 bits per heavy atom. The van der Waals surface area contributed by atoms with E-state index in [0.29, 0.717) is 17.6 Å². The van der Waals surface area contributed by atoms with Crippen LogP contribution in [0.4, 0.5) is 0 Å². The van der Waals surface area contributed by atoms with Crippen LogP contribution >= 0.6 is 0 Å². The molecule has 1 saturated carbocycles. The van der Waals surface area contributed by atoms with Gasteiger partial charge in [0.25, 0.3) is 0 Å². The molecule has 162 valence electrons. The van der Waals surface area contributed by atoms with Gasteiger partial charge in [-0.1, -0.05) is 11.8 Å². The largest absolute Gasteiger partial charge is 0.466 e. The van der Waals surface area contributed by atoms with Crippen LogP contribution in [-0.4, -0.2) is 25.2 Å². The molecular weight excluding hydrogens is 410 g/mol. The smallest absolute Gasteiger partial charge is 0.348 e. The zero-order chi connectivity index (χ0) is 22.8. The Labute approximate surface area is 184 Å². The second kappa shape index (κ2) is 8.72. The molecule has 2 aliphatic rings. The van der Waals surface area contributed by atoms with E-state index in [4.69, 9.17) is 13.9 Å². The number of aryl methyl sites for hydroxylation is 1. The number of benzene rings is 1. The Morgan fingerprint density at radius 2 is 2.03 bits per heavy atom. The van der Waals surface area contributed by atoms with E-state index < -0.39 is 11.6 Å². The molecule has 3 unspecified atom stereocenters. The first-order valence-electron chi connectivity index (χ1n) is 10.5. The van der Waals surface area contributed by atoms with Crippen LogP contribution < -0.4 is 5.63 Å². The Hall–Kier alpha value is -3.84. The minimum atomic E-state index is -0.793. The van der Waals surface area contributed by atoms with Gasteiger partial charge in [0, 0.05) is 16.9 Å². The van der Waals surface area contributed by atoms with Crippen LogP contribution in [0.3, 0.4) is 0 Å². The molecule has 0 amide bonds.